The van der Waals surface area contributed by atoms with Crippen LogP contribution in [0, 0.1) is 0 Å². The number of aliphatic imine (C=N–C) groups is 1. The zero-order valence-electron chi connectivity index (χ0n) is 14.2. The lowest BCUT2D eigenvalue weighted by atomic mass is 10.2. The predicted molar refractivity (Wildman–Crippen MR) is 87.3 cm³/mol. The quantitative estimate of drug-likeness (QED) is 0.453. The normalized spacial score (nSPS) is 19.0. The van der Waals surface area contributed by atoms with Crippen molar-refractivity contribution in [2.45, 2.75) is 31.8 Å². The molecule has 2 N–H and O–H groups in total. The molecule has 0 aliphatic carbocycles. The van der Waals surface area contributed by atoms with Crippen LogP contribution in [0.3, 0.4) is 0 Å². The Morgan fingerprint density at radius 2 is 2.08 bits per heavy atom. The third-order valence-electron chi connectivity index (χ3n) is 3.87. The maximum atomic E-state index is 12.4. The molecule has 0 saturated carbocycles. The van der Waals surface area contributed by atoms with E-state index in [4.69, 9.17) is 0 Å². The summed E-state index contributed by atoms with van der Waals surface area (Å²) in [6, 6.07) is 6.18. The first-order valence-electron chi connectivity index (χ1n) is 8.06. The highest BCUT2D eigenvalue weighted by Gasteiger charge is 2.34. The van der Waals surface area contributed by atoms with Crippen molar-refractivity contribution in [1.29, 1.82) is 0 Å². The van der Waals surface area contributed by atoms with Gasteiger partial charge in [0, 0.05) is 38.3 Å². The Morgan fingerprint density at radius 3 is 2.73 bits per heavy atom. The van der Waals surface area contributed by atoms with Crippen LogP contribution in [0.25, 0.3) is 0 Å². The molecule has 1 fully saturated rings. The summed E-state index contributed by atoms with van der Waals surface area (Å²) in [5.41, 5.74) is 0.515. The molecule has 1 unspecified atom stereocenters. The van der Waals surface area contributed by atoms with Gasteiger partial charge in [-0.15, -0.1) is 0 Å². The van der Waals surface area contributed by atoms with Crippen LogP contribution in [0.15, 0.2) is 29.3 Å². The van der Waals surface area contributed by atoms with Gasteiger partial charge in [-0.1, -0.05) is 18.2 Å². The average molecular weight is 380 g/mol. The minimum absolute atomic E-state index is 0.0580. The second-order valence-electron chi connectivity index (χ2n) is 5.89. The van der Waals surface area contributed by atoms with E-state index in [2.05, 4.69) is 20.4 Å². The number of benzene rings is 1. The summed E-state index contributed by atoms with van der Waals surface area (Å²) in [4.78, 5) is 5.35. The fourth-order valence-corrected chi connectivity index (χ4v) is 2.78. The molecule has 1 aliphatic rings. The Labute approximate surface area is 148 Å². The number of guanidine groups is 1. The lowest BCUT2D eigenvalue weighted by Crippen LogP contribution is -2.44. The molecule has 0 spiro atoms. The molecule has 1 aromatic rings. The number of ether oxygens (including phenoxy) is 1. The molecule has 5 nitrogen and oxygen atoms in total. The van der Waals surface area contributed by atoms with Crippen molar-refractivity contribution >= 4 is 5.96 Å². The van der Waals surface area contributed by atoms with Crippen LogP contribution in [-0.2, 0) is 6.54 Å². The van der Waals surface area contributed by atoms with Crippen molar-refractivity contribution in [3.8, 4) is 5.75 Å². The number of likely N-dealkylation sites (tertiary alicyclic amines) is 1. The minimum atomic E-state index is -4.22. The van der Waals surface area contributed by atoms with E-state index in [1.807, 2.05) is 0 Å². The Kier molecular flexibility index (Phi) is 7.01. The summed E-state index contributed by atoms with van der Waals surface area (Å²) >= 11 is 0. The van der Waals surface area contributed by atoms with Gasteiger partial charge < -0.3 is 15.4 Å². The average Bonchev–Trinajstić information content (AvgIpc) is 2.97. The molecule has 1 heterocycles. The topological polar surface area (TPSA) is 48.9 Å². The highest BCUT2D eigenvalue weighted by Crippen LogP contribution is 2.21. The van der Waals surface area contributed by atoms with Crippen molar-refractivity contribution in [2.24, 2.45) is 4.99 Å². The van der Waals surface area contributed by atoms with Crippen molar-refractivity contribution in [2.75, 3.05) is 26.7 Å². The van der Waals surface area contributed by atoms with Gasteiger partial charge >= 0.3 is 12.8 Å². The Balaban J connectivity index is 1.86. The fourth-order valence-electron chi connectivity index (χ4n) is 2.78. The van der Waals surface area contributed by atoms with Gasteiger partial charge in [-0.05, 0) is 12.5 Å². The van der Waals surface area contributed by atoms with E-state index in [0.29, 0.717) is 24.5 Å². The van der Waals surface area contributed by atoms with Crippen molar-refractivity contribution < 1.29 is 26.7 Å². The molecule has 0 radical (unpaired) electrons. The molecular formula is C16H21F5N4O. The van der Waals surface area contributed by atoms with E-state index in [1.54, 1.807) is 18.2 Å². The SMILES string of the molecule is CN=C(NCc1ccccc1OC(F)F)NC1CCN(CC(F)(F)F)C1. The van der Waals surface area contributed by atoms with Crippen LogP contribution in [0.4, 0.5) is 22.0 Å². The van der Waals surface area contributed by atoms with E-state index in [9.17, 15) is 22.0 Å². The third-order valence-corrected chi connectivity index (χ3v) is 3.87. The van der Waals surface area contributed by atoms with Gasteiger partial charge in [-0.2, -0.15) is 22.0 Å². The highest BCUT2D eigenvalue weighted by molar-refractivity contribution is 5.80. The zero-order chi connectivity index (χ0) is 19.2. The lowest BCUT2D eigenvalue weighted by molar-refractivity contribution is -0.143. The number of rotatable bonds is 6. The summed E-state index contributed by atoms with van der Waals surface area (Å²) in [6.45, 7) is -3.08. The molecule has 0 bridgehead atoms. The molecule has 1 saturated heterocycles. The number of alkyl halides is 5. The molecule has 1 aromatic carbocycles. The zero-order valence-corrected chi connectivity index (χ0v) is 14.2. The van der Waals surface area contributed by atoms with Crippen LogP contribution >= 0.6 is 0 Å². The number of hydrogen-bond donors (Lipinski definition) is 2. The maximum Gasteiger partial charge on any atom is 0.401 e. The highest BCUT2D eigenvalue weighted by atomic mass is 19.4. The largest absolute Gasteiger partial charge is 0.434 e. The summed E-state index contributed by atoms with van der Waals surface area (Å²) < 4.78 is 66.6. The summed E-state index contributed by atoms with van der Waals surface area (Å²) in [5.74, 6) is 0.443. The summed E-state index contributed by atoms with van der Waals surface area (Å²) in [5, 5.41) is 6.02. The molecule has 1 atom stereocenters. The Morgan fingerprint density at radius 1 is 1.35 bits per heavy atom. The van der Waals surface area contributed by atoms with E-state index in [1.165, 1.54) is 18.0 Å². The van der Waals surface area contributed by atoms with E-state index in [-0.39, 0.29) is 24.9 Å². The molecule has 10 heteroatoms. The standard InChI is InChI=1S/C16H21F5N4O/c1-22-15(24-12-6-7-25(9-12)10-16(19,20)21)23-8-11-4-2-3-5-13(11)26-14(17)18/h2-5,12,14H,6-10H2,1H3,(H2,22,23,24). The first kappa shape index (κ1) is 20.2. The molecule has 146 valence electrons. The Hall–Kier alpha value is -2.10. The number of hydrogen-bond acceptors (Lipinski definition) is 3. The van der Waals surface area contributed by atoms with Gasteiger partial charge in [0.2, 0.25) is 0 Å². The lowest BCUT2D eigenvalue weighted by Gasteiger charge is -2.20. The molecule has 0 aromatic heterocycles. The number of nitrogens with zero attached hydrogens (tertiary/aromatic N) is 2. The van der Waals surface area contributed by atoms with Crippen molar-refractivity contribution in [1.82, 2.24) is 15.5 Å². The predicted octanol–water partition coefficient (Wildman–Crippen LogP) is 2.59. The van der Waals surface area contributed by atoms with Crippen LogP contribution in [0.1, 0.15) is 12.0 Å². The van der Waals surface area contributed by atoms with Crippen LogP contribution in [0.5, 0.6) is 5.75 Å². The maximum absolute atomic E-state index is 12.4. The van der Waals surface area contributed by atoms with Gasteiger partial charge in [-0.25, -0.2) is 0 Å². The molecular weight excluding hydrogens is 359 g/mol. The van der Waals surface area contributed by atoms with Gasteiger partial charge in [0.25, 0.3) is 0 Å². The number of halogens is 5. The first-order chi connectivity index (χ1) is 12.3. The number of nitrogens with one attached hydrogen (secondary N) is 2. The second kappa shape index (κ2) is 9.02. The van der Waals surface area contributed by atoms with E-state index < -0.39 is 19.3 Å². The number of para-hydroxylation sites is 1. The van der Waals surface area contributed by atoms with Gasteiger partial charge in [-0.3, -0.25) is 9.89 Å². The molecule has 0 amide bonds. The first-order valence-corrected chi connectivity index (χ1v) is 8.06. The second-order valence-corrected chi connectivity index (χ2v) is 5.89. The molecule has 2 rings (SSSR count). The van der Waals surface area contributed by atoms with Gasteiger partial charge in [0.15, 0.2) is 5.96 Å². The fraction of sp³-hybridized carbons (Fsp3) is 0.562. The van der Waals surface area contributed by atoms with Gasteiger partial charge in [0.1, 0.15) is 5.75 Å². The third kappa shape index (κ3) is 6.66. The summed E-state index contributed by atoms with van der Waals surface area (Å²) in [6.07, 6.45) is -3.66. The van der Waals surface area contributed by atoms with Crippen LogP contribution < -0.4 is 15.4 Å². The van der Waals surface area contributed by atoms with Crippen molar-refractivity contribution in [3.05, 3.63) is 29.8 Å². The van der Waals surface area contributed by atoms with E-state index in [0.717, 1.165) is 0 Å². The molecule has 1 aliphatic heterocycles. The van der Waals surface area contributed by atoms with Gasteiger partial charge in [0.05, 0.1) is 6.54 Å². The summed E-state index contributed by atoms with van der Waals surface area (Å²) in [7, 11) is 1.53. The Bertz CT molecular complexity index is 609. The minimum Gasteiger partial charge on any atom is -0.434 e. The smallest absolute Gasteiger partial charge is 0.401 e. The van der Waals surface area contributed by atoms with Crippen LogP contribution in [0.2, 0.25) is 0 Å². The molecule has 26 heavy (non-hydrogen) atoms. The van der Waals surface area contributed by atoms with Crippen LogP contribution in [-0.4, -0.2) is 56.4 Å². The monoisotopic (exact) mass is 380 g/mol. The van der Waals surface area contributed by atoms with E-state index >= 15 is 0 Å². The van der Waals surface area contributed by atoms with Crippen molar-refractivity contribution in [3.63, 3.8) is 0 Å².